The molecule has 0 saturated carbocycles. The number of hydrogen-bond acceptors (Lipinski definition) is 2. The van der Waals surface area contributed by atoms with Crippen molar-refractivity contribution in [3.8, 4) is 0 Å². The first-order valence-electron chi connectivity index (χ1n) is 6.34. The molecule has 0 bridgehead atoms. The summed E-state index contributed by atoms with van der Waals surface area (Å²) in [5.74, 6) is -1.13. The Morgan fingerprint density at radius 2 is 2.00 bits per heavy atom. The molecule has 0 aromatic rings. The smallest absolute Gasteiger partial charge is 0.310 e. The lowest BCUT2D eigenvalue weighted by Crippen LogP contribution is -2.47. The molecule has 2 aliphatic rings. The molecule has 2 saturated heterocycles. The van der Waals surface area contributed by atoms with Gasteiger partial charge in [-0.25, -0.2) is 0 Å². The normalized spacial score (nSPS) is 35.1. The number of nitrogens with zero attached hydrogens (tertiary/aromatic N) is 1. The molecule has 100 valence electrons. The van der Waals surface area contributed by atoms with Gasteiger partial charge in [-0.2, -0.15) is 13.2 Å². The van der Waals surface area contributed by atoms with Crippen LogP contribution in [0.5, 0.6) is 0 Å². The van der Waals surface area contributed by atoms with Gasteiger partial charge in [-0.3, -0.25) is 4.90 Å². The molecule has 0 spiro atoms. The van der Waals surface area contributed by atoms with E-state index in [1.807, 2.05) is 4.90 Å². The third-order valence-electron chi connectivity index (χ3n) is 3.99. The van der Waals surface area contributed by atoms with Gasteiger partial charge in [0.15, 0.2) is 0 Å². The topological polar surface area (TPSA) is 15.3 Å². The van der Waals surface area contributed by atoms with Crippen LogP contribution in [-0.2, 0) is 0 Å². The summed E-state index contributed by atoms with van der Waals surface area (Å²) >= 11 is 0. The minimum atomic E-state index is -4.03. The van der Waals surface area contributed by atoms with Gasteiger partial charge < -0.3 is 5.32 Å². The van der Waals surface area contributed by atoms with Crippen molar-refractivity contribution >= 4 is 0 Å². The predicted octanol–water partition coefficient (Wildman–Crippen LogP) is 2.40. The lowest BCUT2D eigenvalue weighted by molar-refractivity contribution is -0.188. The van der Waals surface area contributed by atoms with E-state index in [4.69, 9.17) is 0 Å². The van der Waals surface area contributed by atoms with Gasteiger partial charge in [-0.1, -0.05) is 0 Å². The van der Waals surface area contributed by atoms with Crippen LogP contribution in [0.1, 0.15) is 33.1 Å². The fourth-order valence-electron chi connectivity index (χ4n) is 2.99. The van der Waals surface area contributed by atoms with Gasteiger partial charge in [0.1, 0.15) is 0 Å². The second-order valence-corrected chi connectivity index (χ2v) is 6.00. The van der Waals surface area contributed by atoms with E-state index in [0.29, 0.717) is 12.8 Å². The first kappa shape index (κ1) is 13.1. The molecule has 0 aromatic carbocycles. The highest BCUT2D eigenvalue weighted by Gasteiger charge is 2.44. The lowest BCUT2D eigenvalue weighted by Gasteiger charge is -2.37. The number of hydrogen-bond donors (Lipinski definition) is 1. The Morgan fingerprint density at radius 1 is 1.29 bits per heavy atom. The van der Waals surface area contributed by atoms with Crippen molar-refractivity contribution in [2.75, 3.05) is 19.6 Å². The van der Waals surface area contributed by atoms with Crippen molar-refractivity contribution in [2.45, 2.75) is 50.9 Å². The number of piperidine rings is 1. The van der Waals surface area contributed by atoms with Crippen molar-refractivity contribution in [1.29, 1.82) is 0 Å². The maximum absolute atomic E-state index is 12.7. The Hall–Kier alpha value is -0.290. The molecule has 2 nitrogen and oxygen atoms in total. The maximum atomic E-state index is 12.7. The Morgan fingerprint density at radius 3 is 2.53 bits per heavy atom. The molecule has 2 fully saturated rings. The Balaban J connectivity index is 1.94. The summed E-state index contributed by atoms with van der Waals surface area (Å²) < 4.78 is 38.1. The first-order valence-corrected chi connectivity index (χ1v) is 6.34. The van der Waals surface area contributed by atoms with Crippen LogP contribution in [0.25, 0.3) is 0 Å². The van der Waals surface area contributed by atoms with E-state index in [1.54, 1.807) is 0 Å². The van der Waals surface area contributed by atoms with Crippen LogP contribution < -0.4 is 5.32 Å². The minimum absolute atomic E-state index is 0.0653. The van der Waals surface area contributed by atoms with E-state index in [1.165, 1.54) is 0 Å². The summed E-state index contributed by atoms with van der Waals surface area (Å²) in [7, 11) is 0. The van der Waals surface area contributed by atoms with Crippen molar-refractivity contribution in [1.82, 2.24) is 10.2 Å². The summed E-state index contributed by atoms with van der Waals surface area (Å²) in [5, 5.41) is 3.37. The molecule has 2 atom stereocenters. The SMILES string of the molecule is CC1(C)CC(N2CCCC(C(F)(F)F)C2)CN1. The summed E-state index contributed by atoms with van der Waals surface area (Å²) in [6.07, 6.45) is -2.12. The molecule has 0 aliphatic carbocycles. The lowest BCUT2D eigenvalue weighted by atomic mass is 9.94. The molecule has 1 N–H and O–H groups in total. The fourth-order valence-corrected chi connectivity index (χ4v) is 2.99. The fraction of sp³-hybridized carbons (Fsp3) is 1.00. The zero-order chi connectivity index (χ0) is 12.7. The van der Waals surface area contributed by atoms with E-state index < -0.39 is 12.1 Å². The van der Waals surface area contributed by atoms with Gasteiger partial charge in [0.25, 0.3) is 0 Å². The number of rotatable bonds is 1. The molecular weight excluding hydrogens is 229 g/mol. The number of alkyl halides is 3. The zero-order valence-corrected chi connectivity index (χ0v) is 10.5. The Kier molecular flexibility index (Phi) is 3.42. The monoisotopic (exact) mass is 250 g/mol. The van der Waals surface area contributed by atoms with Crippen LogP contribution in [0, 0.1) is 5.92 Å². The van der Waals surface area contributed by atoms with Gasteiger partial charge in [0.05, 0.1) is 5.92 Å². The van der Waals surface area contributed by atoms with E-state index in [9.17, 15) is 13.2 Å². The Bertz CT molecular complexity index is 275. The molecule has 0 amide bonds. The van der Waals surface area contributed by atoms with Crippen LogP contribution in [0.3, 0.4) is 0 Å². The first-order chi connectivity index (χ1) is 7.78. The van der Waals surface area contributed by atoms with E-state index in [-0.39, 0.29) is 18.1 Å². The van der Waals surface area contributed by atoms with Crippen LogP contribution in [0.4, 0.5) is 13.2 Å². The number of likely N-dealkylation sites (tertiary alicyclic amines) is 1. The average Bonchev–Trinajstić information content (AvgIpc) is 2.58. The van der Waals surface area contributed by atoms with E-state index >= 15 is 0 Å². The molecule has 2 unspecified atom stereocenters. The molecular formula is C12H21F3N2. The van der Waals surface area contributed by atoms with Gasteiger partial charge >= 0.3 is 6.18 Å². The van der Waals surface area contributed by atoms with Gasteiger partial charge in [-0.15, -0.1) is 0 Å². The zero-order valence-electron chi connectivity index (χ0n) is 10.5. The molecule has 17 heavy (non-hydrogen) atoms. The third-order valence-corrected chi connectivity index (χ3v) is 3.99. The van der Waals surface area contributed by atoms with Crippen molar-refractivity contribution < 1.29 is 13.2 Å². The molecule has 2 heterocycles. The maximum Gasteiger partial charge on any atom is 0.393 e. The quantitative estimate of drug-likeness (QED) is 0.768. The highest BCUT2D eigenvalue weighted by molar-refractivity contribution is 4.95. The second-order valence-electron chi connectivity index (χ2n) is 6.00. The summed E-state index contributed by atoms with van der Waals surface area (Å²) in [4.78, 5) is 2.03. The van der Waals surface area contributed by atoms with Crippen molar-refractivity contribution in [2.24, 2.45) is 5.92 Å². The van der Waals surface area contributed by atoms with Gasteiger partial charge in [-0.05, 0) is 39.7 Å². The number of halogens is 3. The van der Waals surface area contributed by atoms with Crippen molar-refractivity contribution in [3.05, 3.63) is 0 Å². The highest BCUT2D eigenvalue weighted by atomic mass is 19.4. The summed E-state index contributed by atoms with van der Waals surface area (Å²) in [5.41, 5.74) is 0.0653. The molecule has 5 heteroatoms. The Labute approximate surface area is 101 Å². The van der Waals surface area contributed by atoms with E-state index in [2.05, 4.69) is 19.2 Å². The average molecular weight is 250 g/mol. The molecule has 2 rings (SSSR count). The summed E-state index contributed by atoms with van der Waals surface area (Å²) in [6.45, 7) is 6.04. The van der Waals surface area contributed by atoms with Gasteiger partial charge in [0, 0.05) is 24.7 Å². The van der Waals surface area contributed by atoms with Crippen LogP contribution in [-0.4, -0.2) is 42.3 Å². The summed E-state index contributed by atoms with van der Waals surface area (Å²) in [6, 6.07) is 0.273. The molecule has 0 aromatic heterocycles. The van der Waals surface area contributed by atoms with Gasteiger partial charge in [0.2, 0.25) is 0 Å². The van der Waals surface area contributed by atoms with Crippen LogP contribution in [0.2, 0.25) is 0 Å². The van der Waals surface area contributed by atoms with Crippen molar-refractivity contribution in [3.63, 3.8) is 0 Å². The standard InChI is InChI=1S/C12H21F3N2/c1-11(2)6-10(7-16-11)17-5-3-4-9(8-17)12(13,14)15/h9-10,16H,3-8H2,1-2H3. The third kappa shape index (κ3) is 3.13. The van der Waals surface area contributed by atoms with Crippen LogP contribution >= 0.6 is 0 Å². The molecule has 0 radical (unpaired) electrons. The molecule has 2 aliphatic heterocycles. The highest BCUT2D eigenvalue weighted by Crippen LogP contribution is 2.35. The van der Waals surface area contributed by atoms with E-state index in [0.717, 1.165) is 19.5 Å². The minimum Gasteiger partial charge on any atom is -0.310 e. The second kappa shape index (κ2) is 4.43. The predicted molar refractivity (Wildman–Crippen MR) is 60.8 cm³/mol. The largest absolute Gasteiger partial charge is 0.393 e. The number of nitrogens with one attached hydrogen (secondary N) is 1. The van der Waals surface area contributed by atoms with Crippen LogP contribution in [0.15, 0.2) is 0 Å².